The van der Waals surface area contributed by atoms with Gasteiger partial charge in [-0.3, -0.25) is 19.2 Å². The maximum absolute atomic E-state index is 14.5. The topological polar surface area (TPSA) is 198 Å². The lowest BCUT2D eigenvalue weighted by Gasteiger charge is -2.31. The van der Waals surface area contributed by atoms with E-state index < -0.39 is 20.0 Å². The van der Waals surface area contributed by atoms with Gasteiger partial charge < -0.3 is 24.4 Å². The van der Waals surface area contributed by atoms with E-state index in [0.717, 1.165) is 0 Å². The Hall–Kier alpha value is -5.10. The van der Waals surface area contributed by atoms with E-state index in [2.05, 4.69) is 37.8 Å². The third kappa shape index (κ3) is 8.93. The van der Waals surface area contributed by atoms with Crippen molar-refractivity contribution in [1.82, 2.24) is 24.5 Å². The summed E-state index contributed by atoms with van der Waals surface area (Å²) in [5, 5.41) is 23.8. The van der Waals surface area contributed by atoms with Crippen LogP contribution in [0.1, 0.15) is 63.4 Å². The Kier molecular flexibility index (Phi) is 11.7. The lowest BCUT2D eigenvalue weighted by atomic mass is 9.95. The second-order valence-electron chi connectivity index (χ2n) is 13.5. The quantitative estimate of drug-likeness (QED) is 0.0842. The first kappa shape index (κ1) is 39.1. The number of hydrogen-bond acceptors (Lipinski definition) is 10. The van der Waals surface area contributed by atoms with E-state index in [1.54, 1.807) is 55.8 Å². The molecule has 0 unspecified atom stereocenters. The zero-order chi connectivity index (χ0) is 38.7. The number of rotatable bonds is 13. The molecule has 0 radical (unpaired) electrons. The first-order valence-corrected chi connectivity index (χ1v) is 18.5. The highest BCUT2D eigenvalue weighted by molar-refractivity contribution is 7.46. The molecule has 2 aromatic carbocycles. The predicted molar refractivity (Wildman–Crippen MR) is 203 cm³/mol. The molecule has 0 aliphatic heterocycles. The number of nitriles is 1. The SMILES string of the molecule is C=C(CC)n1cc([C@H](c2cccc3c(=O)n(C)ccc23)N(C(=O)OCCCOP(=O)(O)O)c2cc(Cl)c3ncc(C#N)c(NCC(C)(C)C)c3c2)nn1. The molecule has 0 fully saturated rings. The second kappa shape index (κ2) is 15.9. The molecule has 278 valence electrons. The number of anilines is 2. The number of pyridine rings is 2. The fourth-order valence-electron chi connectivity index (χ4n) is 5.63. The summed E-state index contributed by atoms with van der Waals surface area (Å²) < 4.78 is 24.5. The third-order valence-corrected chi connectivity index (χ3v) is 9.11. The van der Waals surface area contributed by atoms with E-state index >= 15 is 0 Å². The average molecular weight is 763 g/mol. The van der Waals surface area contributed by atoms with Crippen molar-refractivity contribution in [1.29, 1.82) is 5.26 Å². The summed E-state index contributed by atoms with van der Waals surface area (Å²) in [7, 11) is -3.10. The van der Waals surface area contributed by atoms with Gasteiger partial charge in [0.25, 0.3) is 5.56 Å². The van der Waals surface area contributed by atoms with Crippen molar-refractivity contribution in [3.05, 3.63) is 93.8 Å². The van der Waals surface area contributed by atoms with Crippen molar-refractivity contribution in [2.24, 2.45) is 12.5 Å². The van der Waals surface area contributed by atoms with Crippen LogP contribution in [0.15, 0.2) is 66.4 Å². The Morgan fingerprint density at radius 1 is 1.19 bits per heavy atom. The first-order chi connectivity index (χ1) is 25.0. The summed E-state index contributed by atoms with van der Waals surface area (Å²) >= 11 is 6.92. The van der Waals surface area contributed by atoms with Crippen LogP contribution < -0.4 is 15.8 Å². The van der Waals surface area contributed by atoms with E-state index in [4.69, 9.17) is 26.1 Å². The number of aryl methyl sites for hydroxylation is 1. The smallest absolute Gasteiger partial charge is 0.449 e. The second-order valence-corrected chi connectivity index (χ2v) is 15.2. The van der Waals surface area contributed by atoms with Crippen LogP contribution in [0.4, 0.5) is 16.2 Å². The number of nitrogens with one attached hydrogen (secondary N) is 1. The molecule has 0 saturated carbocycles. The molecule has 0 bridgehead atoms. The minimum absolute atomic E-state index is 0.0407. The number of benzene rings is 2. The zero-order valence-corrected chi connectivity index (χ0v) is 31.6. The molecule has 15 nitrogen and oxygen atoms in total. The van der Waals surface area contributed by atoms with Gasteiger partial charge in [0.1, 0.15) is 17.8 Å². The van der Waals surface area contributed by atoms with Gasteiger partial charge in [0.15, 0.2) is 0 Å². The molecule has 0 aliphatic carbocycles. The number of halogens is 1. The van der Waals surface area contributed by atoms with E-state index in [1.165, 1.54) is 20.3 Å². The van der Waals surface area contributed by atoms with Gasteiger partial charge in [-0.05, 0) is 47.1 Å². The highest BCUT2D eigenvalue weighted by atomic mass is 35.5. The van der Waals surface area contributed by atoms with Crippen molar-refractivity contribution in [2.45, 2.75) is 46.6 Å². The Labute approximate surface area is 310 Å². The van der Waals surface area contributed by atoms with Crippen LogP contribution in [-0.2, 0) is 20.9 Å². The van der Waals surface area contributed by atoms with E-state index in [0.29, 0.717) is 57.3 Å². The van der Waals surface area contributed by atoms with Gasteiger partial charge in [-0.25, -0.2) is 14.0 Å². The molecule has 5 aromatic rings. The summed E-state index contributed by atoms with van der Waals surface area (Å²) in [5.41, 5.74) is 2.33. The Morgan fingerprint density at radius 3 is 2.62 bits per heavy atom. The van der Waals surface area contributed by atoms with E-state index in [-0.39, 0.29) is 46.9 Å². The molecule has 0 saturated heterocycles. The Morgan fingerprint density at radius 2 is 1.94 bits per heavy atom. The monoisotopic (exact) mass is 762 g/mol. The summed E-state index contributed by atoms with van der Waals surface area (Å²) in [4.78, 5) is 51.8. The predicted octanol–water partition coefficient (Wildman–Crippen LogP) is 6.77. The van der Waals surface area contributed by atoms with Gasteiger partial charge in [0.2, 0.25) is 0 Å². The van der Waals surface area contributed by atoms with Gasteiger partial charge in [0.05, 0.1) is 46.9 Å². The number of aromatic nitrogens is 5. The van der Waals surface area contributed by atoms with Gasteiger partial charge >= 0.3 is 13.9 Å². The van der Waals surface area contributed by atoms with Gasteiger partial charge in [0, 0.05) is 48.9 Å². The van der Waals surface area contributed by atoms with Crippen LogP contribution in [0.25, 0.3) is 27.4 Å². The van der Waals surface area contributed by atoms with Gasteiger partial charge in [-0.15, -0.1) is 5.10 Å². The maximum atomic E-state index is 14.5. The highest BCUT2D eigenvalue weighted by Crippen LogP contribution is 2.41. The largest absolute Gasteiger partial charge is 0.469 e. The summed E-state index contributed by atoms with van der Waals surface area (Å²) in [6.07, 6.45) is 4.32. The molecule has 5 rings (SSSR count). The molecule has 0 aliphatic rings. The van der Waals surface area contributed by atoms with Crippen molar-refractivity contribution in [3.8, 4) is 6.07 Å². The Balaban J connectivity index is 1.78. The molecule has 17 heteroatoms. The molecule has 0 spiro atoms. The van der Waals surface area contributed by atoms with Crippen LogP contribution in [0.3, 0.4) is 0 Å². The number of hydrogen-bond donors (Lipinski definition) is 3. The number of carbonyl (C=O) groups excluding carboxylic acids is 1. The average Bonchev–Trinajstić information content (AvgIpc) is 3.59. The van der Waals surface area contributed by atoms with Crippen molar-refractivity contribution < 1.29 is 28.4 Å². The molecule has 3 heterocycles. The molecule has 1 atom stereocenters. The van der Waals surface area contributed by atoms with Crippen LogP contribution in [0.5, 0.6) is 0 Å². The fourth-order valence-corrected chi connectivity index (χ4v) is 6.26. The van der Waals surface area contributed by atoms with Crippen molar-refractivity contribution in [2.75, 3.05) is 30.0 Å². The molecule has 1 amide bonds. The van der Waals surface area contributed by atoms with E-state index in [9.17, 15) is 19.4 Å². The molecule has 53 heavy (non-hydrogen) atoms. The van der Waals surface area contributed by atoms with Gasteiger partial charge in [-0.1, -0.05) is 63.2 Å². The van der Waals surface area contributed by atoms with Crippen molar-refractivity contribution in [3.63, 3.8) is 0 Å². The number of fused-ring (bicyclic) bond motifs is 2. The standard InChI is InChI=1S/C36H40ClN8O7P/c1-7-22(2)44-20-30(41-42-44)33(26-10-8-11-27-25(26)12-13-43(6)34(27)46)45(35(47)51-14-9-15-52-53(48,49)50)24-16-28-31(40-21-36(3,4)5)23(18-38)19-39-32(28)29(37)17-24/h8,10-13,16-17,19-20,33H,2,7,9,14-15,21H2,1,3-6H3,(H,39,40)(H2,48,49,50)/t33-/m0/s1. The summed E-state index contributed by atoms with van der Waals surface area (Å²) in [6, 6.07) is 11.2. The molecular weight excluding hydrogens is 723 g/mol. The van der Waals surface area contributed by atoms with Crippen LogP contribution in [0.2, 0.25) is 5.02 Å². The number of carbonyl (C=O) groups is 1. The molecule has 3 N–H and O–H groups in total. The van der Waals surface area contributed by atoms with Crippen molar-refractivity contribution >= 4 is 64.3 Å². The van der Waals surface area contributed by atoms with E-state index in [1.807, 2.05) is 27.7 Å². The number of phosphoric ester groups is 1. The van der Waals surface area contributed by atoms with Crippen LogP contribution >= 0.6 is 19.4 Å². The lowest BCUT2D eigenvalue weighted by molar-refractivity contribution is 0.135. The number of amides is 1. The molecular formula is C36H40ClN8O7P. The van der Waals surface area contributed by atoms with Gasteiger partial charge in [-0.2, -0.15) is 5.26 Å². The molecule has 3 aromatic heterocycles. The summed E-state index contributed by atoms with van der Waals surface area (Å²) in [6.45, 7) is 11.9. The Bertz CT molecular complexity index is 2340. The number of allylic oxidation sites excluding steroid dienone is 1. The maximum Gasteiger partial charge on any atom is 0.469 e. The number of phosphoric acid groups is 1. The zero-order valence-electron chi connectivity index (χ0n) is 29.9. The first-order valence-electron chi connectivity index (χ1n) is 16.6. The minimum Gasteiger partial charge on any atom is -0.449 e. The normalized spacial score (nSPS) is 12.4. The van der Waals surface area contributed by atoms with Crippen LogP contribution in [-0.4, -0.2) is 60.2 Å². The lowest BCUT2D eigenvalue weighted by Crippen LogP contribution is -2.37. The highest BCUT2D eigenvalue weighted by Gasteiger charge is 2.34. The van der Waals surface area contributed by atoms with Crippen LogP contribution in [0, 0.1) is 16.7 Å². The third-order valence-electron chi connectivity index (χ3n) is 8.31. The summed E-state index contributed by atoms with van der Waals surface area (Å²) in [5.74, 6) is 0. The number of ether oxygens (including phenoxy) is 1. The fraction of sp³-hybridized carbons (Fsp3) is 0.333. The minimum atomic E-state index is -4.74. The number of nitrogens with zero attached hydrogens (tertiary/aromatic N) is 7.